The van der Waals surface area contributed by atoms with Crippen LogP contribution in [-0.2, 0) is 16.6 Å². The summed E-state index contributed by atoms with van der Waals surface area (Å²) in [4.78, 5) is 16.1. The van der Waals surface area contributed by atoms with Crippen molar-refractivity contribution < 1.29 is 14.3 Å². The molecule has 32 heavy (non-hydrogen) atoms. The van der Waals surface area contributed by atoms with Gasteiger partial charge in [-0.15, -0.1) is 0 Å². The lowest BCUT2D eigenvalue weighted by Crippen LogP contribution is -2.61. The minimum atomic E-state index is 0.0497. The maximum absolute atomic E-state index is 13.6. The monoisotopic (exact) mass is 433 g/mol. The van der Waals surface area contributed by atoms with E-state index in [0.717, 1.165) is 43.2 Å². The number of rotatable bonds is 8. The number of nitrogens with zero attached hydrogens (tertiary/aromatic N) is 1. The van der Waals surface area contributed by atoms with Gasteiger partial charge in [0.1, 0.15) is 12.4 Å². The van der Waals surface area contributed by atoms with Crippen molar-refractivity contribution in [2.75, 3.05) is 33.4 Å². The molecule has 4 nitrogen and oxygen atoms in total. The van der Waals surface area contributed by atoms with Gasteiger partial charge in [-0.3, -0.25) is 9.69 Å². The van der Waals surface area contributed by atoms with Gasteiger partial charge in [-0.2, -0.15) is 0 Å². The molecule has 0 amide bonds. The molecule has 2 aliphatic carbocycles. The molecule has 2 aromatic rings. The van der Waals surface area contributed by atoms with Crippen molar-refractivity contribution in [2.24, 2.45) is 11.8 Å². The smallest absolute Gasteiger partial charge is 0.180 e. The maximum Gasteiger partial charge on any atom is 0.180 e. The predicted molar refractivity (Wildman–Crippen MR) is 127 cm³/mol. The van der Waals surface area contributed by atoms with Crippen LogP contribution in [0.5, 0.6) is 5.75 Å². The minimum Gasteiger partial charge on any atom is -0.491 e. The molecular weight excluding hydrogens is 398 g/mol. The Morgan fingerprint density at radius 1 is 1.09 bits per heavy atom. The van der Waals surface area contributed by atoms with Gasteiger partial charge < -0.3 is 9.47 Å². The molecule has 0 radical (unpaired) electrons. The zero-order valence-electron chi connectivity index (χ0n) is 19.6. The Balaban J connectivity index is 1.39. The van der Waals surface area contributed by atoms with E-state index in [9.17, 15) is 4.79 Å². The van der Waals surface area contributed by atoms with Gasteiger partial charge in [0.15, 0.2) is 5.78 Å². The summed E-state index contributed by atoms with van der Waals surface area (Å²) in [5.41, 5.74) is 4.77. The second-order valence-corrected chi connectivity index (χ2v) is 10.2. The number of hydrogen-bond donors (Lipinski definition) is 0. The van der Waals surface area contributed by atoms with Gasteiger partial charge in [-0.1, -0.05) is 44.2 Å². The second kappa shape index (κ2) is 8.64. The third kappa shape index (κ3) is 3.99. The van der Waals surface area contributed by atoms with Gasteiger partial charge in [0.05, 0.1) is 12.6 Å². The van der Waals surface area contributed by atoms with Crippen LogP contribution in [-0.4, -0.2) is 50.1 Å². The third-order valence-corrected chi connectivity index (χ3v) is 8.08. The summed E-state index contributed by atoms with van der Waals surface area (Å²) in [6, 6.07) is 14.9. The minimum absolute atomic E-state index is 0.0497. The fourth-order valence-corrected chi connectivity index (χ4v) is 5.79. The Hall–Kier alpha value is -2.17. The lowest BCUT2D eigenvalue weighted by Gasteiger charge is -2.53. The summed E-state index contributed by atoms with van der Waals surface area (Å²) in [5, 5.41) is 0. The van der Waals surface area contributed by atoms with Crippen LogP contribution in [0.3, 0.4) is 0 Å². The molecule has 2 bridgehead atoms. The summed E-state index contributed by atoms with van der Waals surface area (Å²) in [7, 11) is 1.68. The highest BCUT2D eigenvalue weighted by atomic mass is 16.5. The first-order chi connectivity index (χ1) is 15.5. The number of carbonyl (C=O) groups excluding carboxylic acids is 1. The van der Waals surface area contributed by atoms with Crippen LogP contribution in [0.4, 0.5) is 0 Å². The number of Topliss-reactive ketones (excluding diaryl/α,β-unsaturated/α-hetero) is 1. The number of ketones is 1. The van der Waals surface area contributed by atoms with Crippen molar-refractivity contribution in [3.8, 4) is 5.75 Å². The van der Waals surface area contributed by atoms with Crippen molar-refractivity contribution >= 4 is 5.78 Å². The molecule has 4 heteroatoms. The van der Waals surface area contributed by atoms with Crippen LogP contribution in [0.25, 0.3) is 0 Å². The first kappa shape index (κ1) is 21.7. The molecule has 1 saturated heterocycles. The summed E-state index contributed by atoms with van der Waals surface area (Å²) in [6.45, 7) is 7.97. The number of carbonyl (C=O) groups is 1. The highest BCUT2D eigenvalue weighted by molar-refractivity contribution is 6.03. The first-order valence-corrected chi connectivity index (χ1v) is 12.1. The largest absolute Gasteiger partial charge is 0.491 e. The van der Waals surface area contributed by atoms with E-state index in [4.69, 9.17) is 9.47 Å². The standard InChI is InChI=1S/C28H35NO3/c1-19-26-27(30)24-10-9-22(15-21-5-4-6-23(16-21)32-14-13-31-3)17-25(24)28(19,2)11-12-29(26)18-20-7-8-20/h4-6,9-10,16-17,19-20,26H,7-8,11-15,18H2,1-3H3/t19-,26?,28+/m0/s1. The first-order valence-electron chi connectivity index (χ1n) is 12.1. The highest BCUT2D eigenvalue weighted by Gasteiger charge is 2.52. The molecule has 0 spiro atoms. The van der Waals surface area contributed by atoms with Crippen LogP contribution in [0, 0.1) is 11.8 Å². The van der Waals surface area contributed by atoms with Crippen molar-refractivity contribution in [1.29, 1.82) is 0 Å². The normalized spacial score (nSPS) is 27.3. The fraction of sp³-hybridized carbons (Fsp3) is 0.536. The van der Waals surface area contributed by atoms with Crippen LogP contribution >= 0.6 is 0 Å². The van der Waals surface area contributed by atoms with E-state index in [0.29, 0.717) is 24.9 Å². The van der Waals surface area contributed by atoms with Gasteiger partial charge in [-0.05, 0) is 78.3 Å². The Kier molecular flexibility index (Phi) is 5.85. The van der Waals surface area contributed by atoms with Crippen LogP contribution in [0.15, 0.2) is 42.5 Å². The average Bonchev–Trinajstić information content (AvgIpc) is 3.60. The van der Waals surface area contributed by atoms with Crippen LogP contribution < -0.4 is 4.74 Å². The van der Waals surface area contributed by atoms with E-state index >= 15 is 0 Å². The zero-order chi connectivity index (χ0) is 22.3. The number of benzene rings is 2. The third-order valence-electron chi connectivity index (χ3n) is 8.08. The van der Waals surface area contributed by atoms with Crippen molar-refractivity contribution in [2.45, 2.75) is 51.0 Å². The van der Waals surface area contributed by atoms with E-state index in [1.54, 1.807) is 7.11 Å². The lowest BCUT2D eigenvalue weighted by molar-refractivity contribution is 0.0266. The molecule has 3 aliphatic rings. The Labute approximate surface area is 191 Å². The topological polar surface area (TPSA) is 38.8 Å². The van der Waals surface area contributed by atoms with Gasteiger partial charge in [0.2, 0.25) is 0 Å². The predicted octanol–water partition coefficient (Wildman–Crippen LogP) is 4.88. The average molecular weight is 434 g/mol. The molecule has 0 aromatic heterocycles. The molecule has 1 unspecified atom stereocenters. The van der Waals surface area contributed by atoms with Crippen molar-refractivity contribution in [3.63, 3.8) is 0 Å². The molecule has 3 atom stereocenters. The van der Waals surface area contributed by atoms with Crippen LogP contribution in [0.1, 0.15) is 60.2 Å². The Morgan fingerprint density at radius 3 is 2.69 bits per heavy atom. The molecule has 2 aromatic carbocycles. The van der Waals surface area contributed by atoms with Crippen molar-refractivity contribution in [3.05, 3.63) is 64.7 Å². The second-order valence-electron chi connectivity index (χ2n) is 10.2. The van der Waals surface area contributed by atoms with Gasteiger partial charge in [-0.25, -0.2) is 0 Å². The van der Waals surface area contributed by atoms with E-state index in [1.165, 1.54) is 29.5 Å². The Morgan fingerprint density at radius 2 is 1.91 bits per heavy atom. The number of ether oxygens (including phenoxy) is 2. The molecule has 1 aliphatic heterocycles. The highest BCUT2D eigenvalue weighted by Crippen LogP contribution is 2.49. The number of likely N-dealkylation sites (tertiary alicyclic amines) is 1. The van der Waals surface area contributed by atoms with E-state index in [1.807, 2.05) is 12.1 Å². The fourth-order valence-electron chi connectivity index (χ4n) is 5.79. The number of methoxy groups -OCH3 is 1. The van der Waals surface area contributed by atoms with E-state index < -0.39 is 0 Å². The molecular formula is C28H35NO3. The maximum atomic E-state index is 13.6. The molecule has 2 fully saturated rings. The zero-order valence-corrected chi connectivity index (χ0v) is 19.6. The molecule has 1 saturated carbocycles. The van der Waals surface area contributed by atoms with Gasteiger partial charge in [0, 0.05) is 19.2 Å². The Bertz CT molecular complexity index is 998. The summed E-state index contributed by atoms with van der Waals surface area (Å²) in [5.74, 6) is 2.38. The summed E-state index contributed by atoms with van der Waals surface area (Å²) < 4.78 is 10.9. The molecule has 5 rings (SSSR count). The van der Waals surface area contributed by atoms with E-state index in [2.05, 4.69) is 49.1 Å². The van der Waals surface area contributed by atoms with Gasteiger partial charge in [0.25, 0.3) is 0 Å². The van der Waals surface area contributed by atoms with Crippen LogP contribution in [0.2, 0.25) is 0 Å². The number of fused-ring (bicyclic) bond motifs is 4. The molecule has 170 valence electrons. The molecule has 0 N–H and O–H groups in total. The van der Waals surface area contributed by atoms with E-state index in [-0.39, 0.29) is 11.5 Å². The summed E-state index contributed by atoms with van der Waals surface area (Å²) in [6.07, 6.45) is 4.64. The summed E-state index contributed by atoms with van der Waals surface area (Å²) >= 11 is 0. The molecule has 1 heterocycles. The SMILES string of the molecule is COCCOc1cccc(Cc2ccc3c(c2)[C@]2(C)CCN(CC4CC4)C(C3=O)[C@@H]2C)c1. The van der Waals surface area contributed by atoms with Crippen molar-refractivity contribution in [1.82, 2.24) is 4.90 Å². The lowest BCUT2D eigenvalue weighted by atomic mass is 9.58. The number of piperidine rings is 1. The van der Waals surface area contributed by atoms with Gasteiger partial charge >= 0.3 is 0 Å². The number of hydrogen-bond acceptors (Lipinski definition) is 4. The quantitative estimate of drug-likeness (QED) is 0.557.